The van der Waals surface area contributed by atoms with Crippen molar-refractivity contribution in [3.63, 3.8) is 0 Å². The predicted molar refractivity (Wildman–Crippen MR) is 243 cm³/mol. The van der Waals surface area contributed by atoms with E-state index >= 15 is 0 Å². The molecule has 0 saturated heterocycles. The van der Waals surface area contributed by atoms with Crippen molar-refractivity contribution in [2.24, 2.45) is 0 Å². The first-order chi connectivity index (χ1) is 28.3. The summed E-state index contributed by atoms with van der Waals surface area (Å²) in [5, 5.41) is 4.91. The lowest BCUT2D eigenvalue weighted by Crippen LogP contribution is -2.12. The van der Waals surface area contributed by atoms with Crippen molar-refractivity contribution in [3.8, 4) is 55.6 Å². The molecule has 1 heteroatoms. The molecule has 0 N–H and O–H groups in total. The second kappa shape index (κ2) is 15.0. The van der Waals surface area contributed by atoms with Gasteiger partial charge in [-0.3, -0.25) is 0 Å². The Labute approximate surface area is 334 Å². The van der Waals surface area contributed by atoms with Gasteiger partial charge in [-0.05, 0) is 103 Å². The lowest BCUT2D eigenvalue weighted by Gasteiger charge is -2.29. The largest absolute Gasteiger partial charge is 0.309 e. The Morgan fingerprint density at radius 1 is 0.228 bits per heavy atom. The molecule has 0 unspecified atom stereocenters. The maximum absolute atomic E-state index is 2.43. The lowest BCUT2D eigenvalue weighted by molar-refractivity contribution is 1.30. The van der Waals surface area contributed by atoms with Gasteiger partial charge in [0.05, 0.1) is 11.4 Å². The van der Waals surface area contributed by atoms with Gasteiger partial charge in [-0.2, -0.15) is 0 Å². The zero-order chi connectivity index (χ0) is 38.0. The summed E-state index contributed by atoms with van der Waals surface area (Å²) >= 11 is 0. The van der Waals surface area contributed by atoms with E-state index in [4.69, 9.17) is 0 Å². The lowest BCUT2D eigenvalue weighted by atomic mass is 9.89. The van der Waals surface area contributed by atoms with Crippen LogP contribution in [0.4, 0.5) is 17.1 Å². The third kappa shape index (κ3) is 6.56. The number of rotatable bonds is 8. The molecule has 0 amide bonds. The zero-order valence-electron chi connectivity index (χ0n) is 31.5. The molecule has 0 aromatic heterocycles. The summed E-state index contributed by atoms with van der Waals surface area (Å²) in [6, 6.07) is 85.7. The number of benzene rings is 10. The Hall–Kier alpha value is -7.48. The van der Waals surface area contributed by atoms with E-state index in [0.717, 1.165) is 17.1 Å². The van der Waals surface area contributed by atoms with Crippen molar-refractivity contribution in [3.05, 3.63) is 237 Å². The van der Waals surface area contributed by atoms with Crippen LogP contribution in [0.3, 0.4) is 0 Å². The summed E-state index contributed by atoms with van der Waals surface area (Å²) in [6.07, 6.45) is 0. The molecule has 0 saturated carbocycles. The molecule has 0 atom stereocenters. The first-order valence-electron chi connectivity index (χ1n) is 19.6. The van der Waals surface area contributed by atoms with Crippen LogP contribution in [0.2, 0.25) is 0 Å². The third-order valence-corrected chi connectivity index (χ3v) is 11.1. The molecule has 10 aromatic rings. The van der Waals surface area contributed by atoms with E-state index in [1.165, 1.54) is 77.2 Å². The standard InChI is InChI=1S/C56H39N/c1-4-16-40(17-5-1)47-33-37-56(54(39-47)45-20-8-3-9-21-45)57(55-29-15-25-43-23-11-13-27-50(43)55)48-34-30-41(31-35-48)46-32-36-52(53(38-46)44-18-6-2-7-19-44)51-28-14-24-42-22-10-12-26-49(42)51/h1-39H. The zero-order valence-corrected chi connectivity index (χ0v) is 31.5. The monoisotopic (exact) mass is 725 g/mol. The molecule has 57 heavy (non-hydrogen) atoms. The van der Waals surface area contributed by atoms with E-state index in [2.05, 4.69) is 241 Å². The highest BCUT2D eigenvalue weighted by atomic mass is 15.1. The van der Waals surface area contributed by atoms with E-state index in [0.29, 0.717) is 0 Å². The topological polar surface area (TPSA) is 3.24 Å². The van der Waals surface area contributed by atoms with E-state index in [1.54, 1.807) is 0 Å². The summed E-state index contributed by atoms with van der Waals surface area (Å²) < 4.78 is 0. The first kappa shape index (κ1) is 34.0. The molecule has 1 nitrogen and oxygen atoms in total. The van der Waals surface area contributed by atoms with Crippen molar-refractivity contribution in [1.29, 1.82) is 0 Å². The highest BCUT2D eigenvalue weighted by molar-refractivity contribution is 6.03. The summed E-state index contributed by atoms with van der Waals surface area (Å²) in [6.45, 7) is 0. The maximum atomic E-state index is 2.43. The van der Waals surface area contributed by atoms with E-state index < -0.39 is 0 Å². The summed E-state index contributed by atoms with van der Waals surface area (Å²) in [4.78, 5) is 2.43. The summed E-state index contributed by atoms with van der Waals surface area (Å²) in [5.74, 6) is 0. The summed E-state index contributed by atoms with van der Waals surface area (Å²) in [5.41, 5.74) is 15.3. The van der Waals surface area contributed by atoms with Crippen LogP contribution in [0.25, 0.3) is 77.2 Å². The second-order valence-electron chi connectivity index (χ2n) is 14.5. The van der Waals surface area contributed by atoms with Gasteiger partial charge in [0.25, 0.3) is 0 Å². The van der Waals surface area contributed by atoms with Gasteiger partial charge in [-0.1, -0.05) is 200 Å². The normalized spacial score (nSPS) is 11.2. The highest BCUT2D eigenvalue weighted by Gasteiger charge is 2.21. The van der Waals surface area contributed by atoms with Crippen LogP contribution in [0.5, 0.6) is 0 Å². The number of anilines is 3. The highest BCUT2D eigenvalue weighted by Crippen LogP contribution is 2.46. The quantitative estimate of drug-likeness (QED) is 0.151. The maximum Gasteiger partial charge on any atom is 0.0540 e. The summed E-state index contributed by atoms with van der Waals surface area (Å²) in [7, 11) is 0. The van der Waals surface area contributed by atoms with E-state index in [-0.39, 0.29) is 0 Å². The second-order valence-corrected chi connectivity index (χ2v) is 14.5. The Morgan fingerprint density at radius 2 is 0.702 bits per heavy atom. The van der Waals surface area contributed by atoms with Gasteiger partial charge in [-0.25, -0.2) is 0 Å². The minimum absolute atomic E-state index is 1.09. The average Bonchev–Trinajstić information content (AvgIpc) is 3.30. The fraction of sp³-hybridized carbons (Fsp3) is 0. The number of nitrogens with zero attached hydrogens (tertiary/aromatic N) is 1. The Balaban J connectivity index is 1.13. The minimum atomic E-state index is 1.09. The molecule has 0 fully saturated rings. The van der Waals surface area contributed by atoms with Gasteiger partial charge < -0.3 is 4.90 Å². The van der Waals surface area contributed by atoms with Crippen molar-refractivity contribution >= 4 is 38.6 Å². The molecule has 0 aliphatic rings. The van der Waals surface area contributed by atoms with Crippen molar-refractivity contribution in [1.82, 2.24) is 0 Å². The van der Waals surface area contributed by atoms with Gasteiger partial charge in [-0.15, -0.1) is 0 Å². The van der Waals surface area contributed by atoms with Gasteiger partial charge in [0.2, 0.25) is 0 Å². The Morgan fingerprint density at radius 3 is 1.39 bits per heavy atom. The van der Waals surface area contributed by atoms with Crippen LogP contribution >= 0.6 is 0 Å². The molecular formula is C56H39N. The Bertz CT molecular complexity index is 2980. The predicted octanol–water partition coefficient (Wildman–Crippen LogP) is 15.8. The number of hydrogen-bond donors (Lipinski definition) is 0. The molecule has 0 aliphatic carbocycles. The molecule has 268 valence electrons. The van der Waals surface area contributed by atoms with Gasteiger partial charge in [0.15, 0.2) is 0 Å². The van der Waals surface area contributed by atoms with Crippen molar-refractivity contribution < 1.29 is 0 Å². The van der Waals surface area contributed by atoms with Crippen LogP contribution in [0.15, 0.2) is 237 Å². The van der Waals surface area contributed by atoms with Crippen LogP contribution in [0, 0.1) is 0 Å². The minimum Gasteiger partial charge on any atom is -0.309 e. The first-order valence-corrected chi connectivity index (χ1v) is 19.6. The fourth-order valence-corrected chi connectivity index (χ4v) is 8.28. The smallest absolute Gasteiger partial charge is 0.0540 e. The van der Waals surface area contributed by atoms with Crippen molar-refractivity contribution in [2.45, 2.75) is 0 Å². The van der Waals surface area contributed by atoms with Crippen LogP contribution in [-0.2, 0) is 0 Å². The number of hydrogen-bond acceptors (Lipinski definition) is 1. The Kier molecular flexibility index (Phi) is 8.95. The third-order valence-electron chi connectivity index (χ3n) is 11.1. The van der Waals surface area contributed by atoms with Gasteiger partial charge in [0, 0.05) is 16.6 Å². The molecule has 0 radical (unpaired) electrons. The fourth-order valence-electron chi connectivity index (χ4n) is 8.28. The average molecular weight is 726 g/mol. The van der Waals surface area contributed by atoms with Crippen molar-refractivity contribution in [2.75, 3.05) is 4.90 Å². The van der Waals surface area contributed by atoms with E-state index in [1.807, 2.05) is 0 Å². The molecular weight excluding hydrogens is 687 g/mol. The molecule has 0 bridgehead atoms. The van der Waals surface area contributed by atoms with Crippen LogP contribution in [0.1, 0.15) is 0 Å². The van der Waals surface area contributed by atoms with E-state index in [9.17, 15) is 0 Å². The van der Waals surface area contributed by atoms with Gasteiger partial charge >= 0.3 is 0 Å². The number of fused-ring (bicyclic) bond motifs is 2. The SMILES string of the molecule is c1ccc(-c2ccc(N(c3ccc(-c4ccc(-c5cccc6ccccc56)c(-c5ccccc5)c4)cc3)c3cccc4ccccc34)c(-c3ccccc3)c2)cc1. The molecule has 0 heterocycles. The molecule has 0 spiro atoms. The van der Waals surface area contributed by atoms with Gasteiger partial charge in [0.1, 0.15) is 0 Å². The van der Waals surface area contributed by atoms with Crippen LogP contribution < -0.4 is 4.90 Å². The van der Waals surface area contributed by atoms with Crippen LogP contribution in [-0.4, -0.2) is 0 Å². The molecule has 10 rings (SSSR count). The molecule has 10 aromatic carbocycles. The molecule has 0 aliphatic heterocycles.